The van der Waals surface area contributed by atoms with Crippen molar-refractivity contribution in [3.8, 4) is 0 Å². The molecule has 3 rings (SSSR count). The van der Waals surface area contributed by atoms with Crippen LogP contribution in [0.3, 0.4) is 0 Å². The van der Waals surface area contributed by atoms with Gasteiger partial charge in [0.05, 0.1) is 12.6 Å². The lowest BCUT2D eigenvalue weighted by atomic mass is 9.97. The second-order valence-electron chi connectivity index (χ2n) is 8.82. The van der Waals surface area contributed by atoms with Crippen LogP contribution in [0.4, 0.5) is 0 Å². The van der Waals surface area contributed by atoms with Gasteiger partial charge in [0.25, 0.3) is 0 Å². The van der Waals surface area contributed by atoms with Gasteiger partial charge in [-0.1, -0.05) is 38.9 Å². The number of nitrogens with zero attached hydrogens (tertiary/aromatic N) is 4. The van der Waals surface area contributed by atoms with Crippen LogP contribution in [0.5, 0.6) is 0 Å². The zero-order valence-electron chi connectivity index (χ0n) is 18.2. The second-order valence-corrected chi connectivity index (χ2v) is 9.80. The number of hydrogen-bond acceptors (Lipinski definition) is 6. The minimum atomic E-state index is -0.148. The van der Waals surface area contributed by atoms with Crippen LogP contribution in [-0.2, 0) is 12.0 Å². The smallest absolute Gasteiger partial charge is 0.232 e. The molecule has 0 spiro atoms. The van der Waals surface area contributed by atoms with Gasteiger partial charge >= 0.3 is 0 Å². The topological polar surface area (TPSA) is 78.6 Å². The third kappa shape index (κ3) is 6.02. The van der Waals surface area contributed by atoms with Crippen LogP contribution in [0.15, 0.2) is 27.0 Å². The van der Waals surface area contributed by atoms with Crippen molar-refractivity contribution in [2.75, 3.05) is 26.7 Å². The third-order valence-corrected chi connectivity index (χ3v) is 6.31. The van der Waals surface area contributed by atoms with Crippen molar-refractivity contribution in [1.82, 2.24) is 25.7 Å². The van der Waals surface area contributed by atoms with Crippen molar-refractivity contribution in [2.45, 2.75) is 58.5 Å². The number of rotatable bonds is 6. The van der Waals surface area contributed by atoms with Crippen LogP contribution >= 0.6 is 11.3 Å². The van der Waals surface area contributed by atoms with E-state index in [1.165, 1.54) is 17.7 Å². The van der Waals surface area contributed by atoms with E-state index in [-0.39, 0.29) is 5.41 Å². The number of piperidine rings is 1. The molecule has 1 unspecified atom stereocenters. The number of hydrogen-bond donors (Lipinski definition) is 2. The quantitative estimate of drug-likeness (QED) is 0.552. The van der Waals surface area contributed by atoms with E-state index >= 15 is 0 Å². The molecular weight excluding hydrogens is 384 g/mol. The summed E-state index contributed by atoms with van der Waals surface area (Å²) in [5.74, 6) is 2.86. The summed E-state index contributed by atoms with van der Waals surface area (Å²) >= 11 is 1.83. The summed E-state index contributed by atoms with van der Waals surface area (Å²) < 4.78 is 5.36. The van der Waals surface area contributed by atoms with E-state index in [0.29, 0.717) is 24.3 Å². The van der Waals surface area contributed by atoms with E-state index in [0.717, 1.165) is 31.5 Å². The molecule has 160 valence electrons. The van der Waals surface area contributed by atoms with Crippen molar-refractivity contribution >= 4 is 17.3 Å². The Balaban J connectivity index is 1.57. The van der Waals surface area contributed by atoms with Gasteiger partial charge in [-0.2, -0.15) is 4.98 Å². The summed E-state index contributed by atoms with van der Waals surface area (Å²) in [6.07, 6.45) is 2.53. The standard InChI is InChI=1S/C21H34N6OS/c1-15-8-10-27(11-9-15)16(17-7-6-12-29-17)13-23-20(22-5)24-14-18-25-19(28-26-18)21(2,3)4/h6-7,12,15-16H,8-11,13-14H2,1-5H3,(H2,22,23,24). The average Bonchev–Trinajstić information content (AvgIpc) is 3.37. The first-order chi connectivity index (χ1) is 13.9. The summed E-state index contributed by atoms with van der Waals surface area (Å²) in [5.41, 5.74) is -0.148. The van der Waals surface area contributed by atoms with E-state index in [9.17, 15) is 0 Å². The molecule has 8 heteroatoms. The van der Waals surface area contributed by atoms with Crippen LogP contribution in [0, 0.1) is 5.92 Å². The molecule has 1 aliphatic heterocycles. The van der Waals surface area contributed by atoms with E-state index in [1.54, 1.807) is 7.05 Å². The number of aliphatic imine (C=N–C) groups is 1. The van der Waals surface area contributed by atoms with Gasteiger partial charge in [-0.3, -0.25) is 9.89 Å². The van der Waals surface area contributed by atoms with Crippen LogP contribution in [0.1, 0.15) is 63.2 Å². The summed E-state index contributed by atoms with van der Waals surface area (Å²) in [4.78, 5) is 12.8. The highest BCUT2D eigenvalue weighted by molar-refractivity contribution is 7.10. The van der Waals surface area contributed by atoms with Gasteiger partial charge in [-0.05, 0) is 43.3 Å². The van der Waals surface area contributed by atoms with E-state index < -0.39 is 0 Å². The zero-order chi connectivity index (χ0) is 20.9. The van der Waals surface area contributed by atoms with Crippen LogP contribution < -0.4 is 10.6 Å². The molecule has 2 aromatic rings. The third-order valence-electron chi connectivity index (χ3n) is 5.34. The molecule has 0 bridgehead atoms. The van der Waals surface area contributed by atoms with Crippen LogP contribution in [0.25, 0.3) is 0 Å². The summed E-state index contributed by atoms with van der Waals surface area (Å²) in [6, 6.07) is 4.73. The molecule has 2 N–H and O–H groups in total. The Hall–Kier alpha value is -1.93. The highest BCUT2D eigenvalue weighted by atomic mass is 32.1. The maximum Gasteiger partial charge on any atom is 0.232 e. The molecule has 7 nitrogen and oxygen atoms in total. The minimum Gasteiger partial charge on any atom is -0.354 e. The first-order valence-electron chi connectivity index (χ1n) is 10.4. The molecule has 0 aliphatic carbocycles. The van der Waals surface area contributed by atoms with Gasteiger partial charge in [0.15, 0.2) is 11.8 Å². The molecule has 3 heterocycles. The molecule has 0 saturated carbocycles. The van der Waals surface area contributed by atoms with Crippen LogP contribution in [-0.4, -0.2) is 47.7 Å². The summed E-state index contributed by atoms with van der Waals surface area (Å²) in [6.45, 7) is 12.1. The van der Waals surface area contributed by atoms with Crippen molar-refractivity contribution in [1.29, 1.82) is 0 Å². The molecule has 1 aliphatic rings. The number of guanidine groups is 1. The van der Waals surface area contributed by atoms with Gasteiger partial charge in [0, 0.05) is 23.9 Å². The van der Waals surface area contributed by atoms with Gasteiger partial charge in [-0.15, -0.1) is 11.3 Å². The first-order valence-corrected chi connectivity index (χ1v) is 11.3. The number of nitrogens with one attached hydrogen (secondary N) is 2. The Morgan fingerprint density at radius 3 is 2.69 bits per heavy atom. The summed E-state index contributed by atoms with van der Waals surface area (Å²) in [7, 11) is 1.79. The molecule has 29 heavy (non-hydrogen) atoms. The molecule has 2 aromatic heterocycles. The average molecular weight is 419 g/mol. The Morgan fingerprint density at radius 1 is 1.34 bits per heavy atom. The molecule has 0 aromatic carbocycles. The van der Waals surface area contributed by atoms with E-state index in [4.69, 9.17) is 4.52 Å². The second kappa shape index (κ2) is 9.71. The Bertz CT molecular complexity index is 771. The fraction of sp³-hybridized carbons (Fsp3) is 0.667. The SMILES string of the molecule is CN=C(NCc1noc(C(C)(C)C)n1)NCC(c1cccs1)N1CCC(C)CC1. The van der Waals surface area contributed by atoms with Gasteiger partial charge in [0.1, 0.15) is 0 Å². The Labute approximate surface area is 178 Å². The lowest BCUT2D eigenvalue weighted by Gasteiger charge is -2.36. The molecule has 0 amide bonds. The van der Waals surface area contributed by atoms with Gasteiger partial charge in [0.2, 0.25) is 5.89 Å². The lowest BCUT2D eigenvalue weighted by molar-refractivity contribution is 0.140. The van der Waals surface area contributed by atoms with E-state index in [1.807, 2.05) is 11.3 Å². The van der Waals surface area contributed by atoms with Crippen molar-refractivity contribution in [3.05, 3.63) is 34.1 Å². The predicted molar refractivity (Wildman–Crippen MR) is 118 cm³/mol. The fourth-order valence-electron chi connectivity index (χ4n) is 3.44. The number of likely N-dealkylation sites (tertiary alicyclic amines) is 1. The normalized spacial score (nSPS) is 18.0. The number of aromatic nitrogens is 2. The summed E-state index contributed by atoms with van der Waals surface area (Å²) in [5, 5.41) is 13.0. The van der Waals surface area contributed by atoms with Gasteiger partial charge < -0.3 is 15.2 Å². The Morgan fingerprint density at radius 2 is 2.10 bits per heavy atom. The van der Waals surface area contributed by atoms with Crippen molar-refractivity contribution in [2.24, 2.45) is 10.9 Å². The lowest BCUT2D eigenvalue weighted by Crippen LogP contribution is -2.44. The van der Waals surface area contributed by atoms with Crippen molar-refractivity contribution in [3.63, 3.8) is 0 Å². The largest absolute Gasteiger partial charge is 0.354 e. The van der Waals surface area contributed by atoms with Gasteiger partial charge in [-0.25, -0.2) is 0 Å². The molecule has 0 radical (unpaired) electrons. The fourth-order valence-corrected chi connectivity index (χ4v) is 4.30. The minimum absolute atomic E-state index is 0.148. The monoisotopic (exact) mass is 418 g/mol. The Kier molecular flexibility index (Phi) is 7.29. The molecule has 1 saturated heterocycles. The highest BCUT2D eigenvalue weighted by Crippen LogP contribution is 2.29. The molecule has 1 fully saturated rings. The maximum atomic E-state index is 5.36. The predicted octanol–water partition coefficient (Wildman–Crippen LogP) is 3.57. The first kappa shape index (κ1) is 21.8. The van der Waals surface area contributed by atoms with Crippen LogP contribution in [0.2, 0.25) is 0 Å². The number of thiophene rings is 1. The zero-order valence-corrected chi connectivity index (χ0v) is 19.1. The molecule has 1 atom stereocenters. The molecular formula is C21H34N6OS. The maximum absolute atomic E-state index is 5.36. The van der Waals surface area contributed by atoms with Crippen molar-refractivity contribution < 1.29 is 4.52 Å². The highest BCUT2D eigenvalue weighted by Gasteiger charge is 2.26. The van der Waals surface area contributed by atoms with E-state index in [2.05, 4.69) is 75.9 Å².